The first kappa shape index (κ1) is 18.7. The molecule has 2 aromatic rings. The van der Waals surface area contributed by atoms with Gasteiger partial charge in [-0.3, -0.25) is 9.59 Å². The Morgan fingerprint density at radius 1 is 1.21 bits per heavy atom. The normalized spacial score (nSPS) is 20.4. The lowest BCUT2D eigenvalue weighted by molar-refractivity contribution is -0.140. The average molecular weight is 381 g/mol. The van der Waals surface area contributed by atoms with Crippen molar-refractivity contribution in [1.29, 1.82) is 0 Å². The number of piperazine rings is 1. The highest BCUT2D eigenvalue weighted by molar-refractivity contribution is 5.80. The summed E-state index contributed by atoms with van der Waals surface area (Å²) in [5.41, 5.74) is 2.07. The fourth-order valence-corrected chi connectivity index (χ4v) is 4.06. The van der Waals surface area contributed by atoms with Gasteiger partial charge in [0.15, 0.2) is 0 Å². The Labute approximate surface area is 165 Å². The van der Waals surface area contributed by atoms with Gasteiger partial charge in [-0.1, -0.05) is 18.2 Å². The molecule has 2 saturated heterocycles. The van der Waals surface area contributed by atoms with Crippen LogP contribution in [0.4, 0.5) is 0 Å². The number of aryl methyl sites for hydroxylation is 1. The zero-order chi connectivity index (χ0) is 19.3. The molecule has 0 saturated carbocycles. The molecule has 0 radical (unpaired) electrons. The van der Waals surface area contributed by atoms with Crippen molar-refractivity contribution >= 4 is 11.8 Å². The Morgan fingerprint density at radius 2 is 2.07 bits per heavy atom. The predicted molar refractivity (Wildman–Crippen MR) is 106 cm³/mol. The van der Waals surface area contributed by atoms with Gasteiger partial charge in [-0.05, 0) is 37.0 Å². The molecule has 1 N–H and O–H groups in total. The van der Waals surface area contributed by atoms with E-state index in [2.05, 4.69) is 10.4 Å². The predicted octanol–water partition coefficient (Wildman–Crippen LogP) is 1.23. The minimum absolute atomic E-state index is 0.152. The Bertz CT molecular complexity index is 819. The lowest BCUT2D eigenvalue weighted by Gasteiger charge is -2.41. The monoisotopic (exact) mass is 381 g/mol. The van der Waals surface area contributed by atoms with Gasteiger partial charge in [0.25, 0.3) is 0 Å². The number of likely N-dealkylation sites (tertiary alicyclic amines) is 1. The van der Waals surface area contributed by atoms with Crippen molar-refractivity contribution in [3.8, 4) is 5.69 Å². The molecular formula is C21H27N5O2. The highest BCUT2D eigenvalue weighted by atomic mass is 16.2. The maximum atomic E-state index is 12.7. The van der Waals surface area contributed by atoms with Crippen molar-refractivity contribution < 1.29 is 9.59 Å². The van der Waals surface area contributed by atoms with Crippen molar-refractivity contribution in [3.63, 3.8) is 0 Å². The molecule has 2 amide bonds. The second-order valence-electron chi connectivity index (χ2n) is 7.53. The van der Waals surface area contributed by atoms with Crippen LogP contribution in [0.3, 0.4) is 0 Å². The third-order valence-electron chi connectivity index (χ3n) is 5.60. The highest BCUT2D eigenvalue weighted by Gasteiger charge is 2.31. The largest absolute Gasteiger partial charge is 0.341 e. The van der Waals surface area contributed by atoms with Crippen molar-refractivity contribution in [1.82, 2.24) is 24.9 Å². The zero-order valence-corrected chi connectivity index (χ0v) is 16.1. The molecule has 0 bridgehead atoms. The number of aromatic nitrogens is 2. The first-order valence-corrected chi connectivity index (χ1v) is 10.1. The van der Waals surface area contributed by atoms with Crippen LogP contribution in [0.2, 0.25) is 0 Å². The van der Waals surface area contributed by atoms with E-state index < -0.39 is 0 Å². The number of carbonyl (C=O) groups excluding carboxylic acids is 2. The Morgan fingerprint density at radius 3 is 2.89 bits per heavy atom. The molecule has 3 heterocycles. The number of piperidine rings is 1. The van der Waals surface area contributed by atoms with Crippen molar-refractivity contribution in [2.24, 2.45) is 0 Å². The van der Waals surface area contributed by atoms with Gasteiger partial charge in [0.05, 0.1) is 18.4 Å². The van der Waals surface area contributed by atoms with Crippen LogP contribution in [0.1, 0.15) is 24.8 Å². The number of amides is 2. The van der Waals surface area contributed by atoms with E-state index in [1.807, 2.05) is 57.2 Å². The van der Waals surface area contributed by atoms with Gasteiger partial charge < -0.3 is 15.1 Å². The van der Waals surface area contributed by atoms with Gasteiger partial charge in [0, 0.05) is 44.8 Å². The first-order chi connectivity index (χ1) is 13.7. The molecule has 2 fully saturated rings. The summed E-state index contributed by atoms with van der Waals surface area (Å²) in [4.78, 5) is 28.8. The molecule has 2 aliphatic rings. The molecule has 7 nitrogen and oxygen atoms in total. The van der Waals surface area contributed by atoms with Gasteiger partial charge in [0.2, 0.25) is 11.8 Å². The van der Waals surface area contributed by atoms with Crippen molar-refractivity contribution in [2.45, 2.75) is 31.7 Å². The quantitative estimate of drug-likeness (QED) is 0.846. The maximum Gasteiger partial charge on any atom is 0.236 e. The number of nitrogens with one attached hydrogen (secondary N) is 1. The summed E-state index contributed by atoms with van der Waals surface area (Å²) in [5, 5.41) is 7.51. The summed E-state index contributed by atoms with van der Waals surface area (Å²) in [7, 11) is 0. The zero-order valence-electron chi connectivity index (χ0n) is 16.1. The van der Waals surface area contributed by atoms with E-state index in [0.29, 0.717) is 25.9 Å². The Kier molecular flexibility index (Phi) is 5.71. The summed E-state index contributed by atoms with van der Waals surface area (Å²) < 4.78 is 1.84. The minimum atomic E-state index is 0.152. The molecule has 1 aromatic heterocycles. The Hall–Kier alpha value is -2.67. The SMILES string of the molecule is O=C(CCc1cnn(-c2ccccc2)c1)N1CCCC(N2CCNCC2=O)C1. The number of para-hydroxylation sites is 1. The van der Waals surface area contributed by atoms with Gasteiger partial charge >= 0.3 is 0 Å². The summed E-state index contributed by atoms with van der Waals surface area (Å²) in [5.74, 6) is 0.318. The van der Waals surface area contributed by atoms with Crippen molar-refractivity contribution in [2.75, 3.05) is 32.7 Å². The fraction of sp³-hybridized carbons (Fsp3) is 0.476. The molecule has 28 heavy (non-hydrogen) atoms. The van der Waals surface area contributed by atoms with Crippen LogP contribution >= 0.6 is 0 Å². The fourth-order valence-electron chi connectivity index (χ4n) is 4.06. The van der Waals surface area contributed by atoms with Crippen LogP contribution in [-0.2, 0) is 16.0 Å². The number of hydrogen-bond acceptors (Lipinski definition) is 4. The molecule has 1 unspecified atom stereocenters. The Balaban J connectivity index is 1.31. The number of benzene rings is 1. The van der Waals surface area contributed by atoms with E-state index in [1.54, 1.807) is 0 Å². The third-order valence-corrected chi connectivity index (χ3v) is 5.60. The van der Waals surface area contributed by atoms with Crippen molar-refractivity contribution in [3.05, 3.63) is 48.3 Å². The molecular weight excluding hydrogens is 354 g/mol. The number of rotatable bonds is 5. The molecule has 148 valence electrons. The molecule has 1 aromatic carbocycles. The van der Waals surface area contributed by atoms with Crippen LogP contribution < -0.4 is 5.32 Å². The van der Waals surface area contributed by atoms with E-state index in [4.69, 9.17) is 0 Å². The summed E-state index contributed by atoms with van der Waals surface area (Å²) in [6, 6.07) is 10.1. The van der Waals surface area contributed by atoms with E-state index >= 15 is 0 Å². The minimum Gasteiger partial charge on any atom is -0.341 e. The molecule has 0 aliphatic carbocycles. The van der Waals surface area contributed by atoms with Gasteiger partial charge in [-0.15, -0.1) is 0 Å². The van der Waals surface area contributed by atoms with Crippen LogP contribution in [0.25, 0.3) is 5.69 Å². The molecule has 1 atom stereocenters. The van der Waals surface area contributed by atoms with E-state index in [1.165, 1.54) is 0 Å². The van der Waals surface area contributed by atoms with E-state index in [0.717, 1.165) is 43.7 Å². The summed E-state index contributed by atoms with van der Waals surface area (Å²) in [6.45, 7) is 3.44. The molecule has 2 aliphatic heterocycles. The average Bonchev–Trinajstić information content (AvgIpc) is 3.22. The summed E-state index contributed by atoms with van der Waals surface area (Å²) >= 11 is 0. The lowest BCUT2D eigenvalue weighted by Crippen LogP contribution is -2.57. The van der Waals surface area contributed by atoms with E-state index in [9.17, 15) is 9.59 Å². The third kappa shape index (κ3) is 4.25. The number of nitrogens with zero attached hydrogens (tertiary/aromatic N) is 4. The second-order valence-corrected chi connectivity index (χ2v) is 7.53. The van der Waals surface area contributed by atoms with Gasteiger partial charge in [0.1, 0.15) is 0 Å². The van der Waals surface area contributed by atoms with Crippen LogP contribution in [0, 0.1) is 0 Å². The summed E-state index contributed by atoms with van der Waals surface area (Å²) in [6.07, 6.45) is 6.92. The second kappa shape index (κ2) is 8.56. The van der Waals surface area contributed by atoms with Crippen LogP contribution in [0.15, 0.2) is 42.7 Å². The lowest BCUT2D eigenvalue weighted by atomic mass is 10.0. The molecule has 0 spiro atoms. The number of carbonyl (C=O) groups is 2. The van der Waals surface area contributed by atoms with Gasteiger partial charge in [-0.25, -0.2) is 4.68 Å². The standard InChI is InChI=1S/C21H27N5O2/c27-20(9-8-17-13-23-26(15-17)18-5-2-1-3-6-18)24-11-4-7-19(16-24)25-12-10-22-14-21(25)28/h1-3,5-6,13,15,19,22H,4,7-12,14,16H2. The maximum absolute atomic E-state index is 12.7. The van der Waals surface area contributed by atoms with Crippen LogP contribution in [-0.4, -0.2) is 70.2 Å². The van der Waals surface area contributed by atoms with Crippen LogP contribution in [0.5, 0.6) is 0 Å². The molecule has 7 heteroatoms. The van der Waals surface area contributed by atoms with E-state index in [-0.39, 0.29) is 17.9 Å². The smallest absolute Gasteiger partial charge is 0.236 e. The first-order valence-electron chi connectivity index (χ1n) is 10.1. The highest BCUT2D eigenvalue weighted by Crippen LogP contribution is 2.18. The topological polar surface area (TPSA) is 70.5 Å². The molecule has 4 rings (SSSR count). The number of hydrogen-bond donors (Lipinski definition) is 1. The van der Waals surface area contributed by atoms with Gasteiger partial charge in [-0.2, -0.15) is 5.10 Å².